The summed E-state index contributed by atoms with van der Waals surface area (Å²) in [4.78, 5) is 0. The fourth-order valence-electron chi connectivity index (χ4n) is 1.12. The Morgan fingerprint density at radius 3 is 2.43 bits per heavy atom. The van der Waals surface area contributed by atoms with Gasteiger partial charge in [0.05, 0.1) is 0 Å². The van der Waals surface area contributed by atoms with Crippen LogP contribution in [0.5, 0.6) is 0 Å². The van der Waals surface area contributed by atoms with E-state index in [2.05, 4.69) is 5.32 Å². The third-order valence-electron chi connectivity index (χ3n) is 1.90. The molecule has 1 nitrogen and oxygen atoms in total. The van der Waals surface area contributed by atoms with Crippen LogP contribution in [-0.2, 0) is 0 Å². The van der Waals surface area contributed by atoms with Crippen LogP contribution < -0.4 is 5.32 Å². The van der Waals surface area contributed by atoms with Gasteiger partial charge in [0.25, 0.3) is 0 Å². The van der Waals surface area contributed by atoms with Crippen LogP contribution in [0.4, 0.5) is 13.2 Å². The van der Waals surface area contributed by atoms with E-state index in [1.807, 2.05) is 6.92 Å². The molecule has 0 bridgehead atoms. The van der Waals surface area contributed by atoms with Crippen molar-refractivity contribution in [1.29, 1.82) is 0 Å². The maximum absolute atomic E-state index is 11.7. The van der Waals surface area contributed by atoms with Gasteiger partial charge in [0.2, 0.25) is 0 Å². The standard InChI is InChI=1S/C9H17ClF3N/c1-8(4-2-6-10)14-7-3-5-9(11,12)13/h8,14H,2-7H2,1H3. The topological polar surface area (TPSA) is 12.0 Å². The highest BCUT2D eigenvalue weighted by molar-refractivity contribution is 6.17. The third-order valence-corrected chi connectivity index (χ3v) is 2.17. The van der Waals surface area contributed by atoms with Crippen LogP contribution in [0.15, 0.2) is 0 Å². The van der Waals surface area contributed by atoms with E-state index in [9.17, 15) is 13.2 Å². The zero-order valence-corrected chi connectivity index (χ0v) is 9.09. The predicted octanol–water partition coefficient (Wildman–Crippen LogP) is 3.33. The molecule has 0 fully saturated rings. The highest BCUT2D eigenvalue weighted by Crippen LogP contribution is 2.20. The molecule has 0 heterocycles. The third kappa shape index (κ3) is 10.1. The van der Waals surface area contributed by atoms with Crippen molar-refractivity contribution in [2.45, 2.75) is 44.8 Å². The SMILES string of the molecule is CC(CCCCl)NCCCC(F)(F)F. The fraction of sp³-hybridized carbons (Fsp3) is 1.00. The lowest BCUT2D eigenvalue weighted by Gasteiger charge is -2.13. The molecule has 5 heteroatoms. The van der Waals surface area contributed by atoms with Gasteiger partial charge in [-0.05, 0) is 32.7 Å². The number of alkyl halides is 4. The molecule has 0 aliphatic heterocycles. The summed E-state index contributed by atoms with van der Waals surface area (Å²) in [6.45, 7) is 2.38. The summed E-state index contributed by atoms with van der Waals surface area (Å²) in [6.07, 6.45) is -2.78. The van der Waals surface area contributed by atoms with E-state index in [1.165, 1.54) is 0 Å². The van der Waals surface area contributed by atoms with Gasteiger partial charge < -0.3 is 5.32 Å². The molecule has 14 heavy (non-hydrogen) atoms. The summed E-state index contributed by atoms with van der Waals surface area (Å²) in [7, 11) is 0. The Labute approximate surface area is 88.0 Å². The summed E-state index contributed by atoms with van der Waals surface area (Å²) in [5.41, 5.74) is 0. The first kappa shape index (κ1) is 14.0. The monoisotopic (exact) mass is 231 g/mol. The first-order valence-corrected chi connectivity index (χ1v) is 5.35. The predicted molar refractivity (Wildman–Crippen MR) is 52.7 cm³/mol. The quantitative estimate of drug-likeness (QED) is 0.524. The van der Waals surface area contributed by atoms with Crippen molar-refractivity contribution >= 4 is 11.6 Å². The van der Waals surface area contributed by atoms with Crippen molar-refractivity contribution in [3.63, 3.8) is 0 Å². The molecule has 0 aliphatic carbocycles. The number of nitrogens with one attached hydrogen (secondary N) is 1. The van der Waals surface area contributed by atoms with E-state index >= 15 is 0 Å². The summed E-state index contributed by atoms with van der Waals surface area (Å²) in [6, 6.07) is 0.252. The molecule has 1 unspecified atom stereocenters. The van der Waals surface area contributed by atoms with Gasteiger partial charge in [-0.3, -0.25) is 0 Å². The lowest BCUT2D eigenvalue weighted by Crippen LogP contribution is -2.27. The summed E-state index contributed by atoms with van der Waals surface area (Å²) in [5, 5.41) is 3.03. The Morgan fingerprint density at radius 2 is 1.93 bits per heavy atom. The largest absolute Gasteiger partial charge is 0.389 e. The molecule has 1 atom stereocenters. The Kier molecular flexibility index (Phi) is 7.37. The maximum atomic E-state index is 11.7. The second-order valence-electron chi connectivity index (χ2n) is 3.41. The van der Waals surface area contributed by atoms with E-state index in [-0.39, 0.29) is 12.5 Å². The smallest absolute Gasteiger partial charge is 0.314 e. The normalized spacial score (nSPS) is 14.4. The van der Waals surface area contributed by atoms with Crippen molar-refractivity contribution in [2.24, 2.45) is 0 Å². The second-order valence-corrected chi connectivity index (χ2v) is 3.78. The zero-order chi connectivity index (χ0) is 11.0. The van der Waals surface area contributed by atoms with E-state index < -0.39 is 12.6 Å². The Bertz CT molecular complexity index is 139. The van der Waals surface area contributed by atoms with Gasteiger partial charge in [0.1, 0.15) is 0 Å². The highest BCUT2D eigenvalue weighted by atomic mass is 35.5. The molecule has 0 spiro atoms. The molecule has 0 amide bonds. The lowest BCUT2D eigenvalue weighted by molar-refractivity contribution is -0.135. The number of halogens is 4. The second kappa shape index (κ2) is 7.35. The van der Waals surface area contributed by atoms with E-state index in [0.29, 0.717) is 12.4 Å². The molecule has 0 aromatic rings. The van der Waals surface area contributed by atoms with Gasteiger partial charge in [0.15, 0.2) is 0 Å². The first-order valence-electron chi connectivity index (χ1n) is 4.82. The van der Waals surface area contributed by atoms with Crippen LogP contribution >= 0.6 is 11.6 Å². The van der Waals surface area contributed by atoms with E-state index in [4.69, 9.17) is 11.6 Å². The molecule has 0 rings (SSSR count). The Hall–Kier alpha value is 0.0400. The van der Waals surface area contributed by atoms with Crippen LogP contribution in [0, 0.1) is 0 Å². The van der Waals surface area contributed by atoms with Crippen LogP contribution in [0.1, 0.15) is 32.6 Å². The number of rotatable bonds is 7. The molecule has 0 aromatic carbocycles. The zero-order valence-electron chi connectivity index (χ0n) is 8.33. The highest BCUT2D eigenvalue weighted by Gasteiger charge is 2.25. The molecule has 0 saturated carbocycles. The summed E-state index contributed by atoms with van der Waals surface area (Å²) >= 11 is 5.49. The first-order chi connectivity index (χ1) is 6.45. The van der Waals surface area contributed by atoms with Crippen LogP contribution in [-0.4, -0.2) is 24.6 Å². The van der Waals surface area contributed by atoms with Crippen LogP contribution in [0.25, 0.3) is 0 Å². The Morgan fingerprint density at radius 1 is 1.29 bits per heavy atom. The molecular formula is C9H17ClF3N. The number of hydrogen-bond acceptors (Lipinski definition) is 1. The van der Waals surface area contributed by atoms with Crippen LogP contribution in [0.3, 0.4) is 0 Å². The molecule has 0 saturated heterocycles. The minimum atomic E-state index is -4.03. The number of hydrogen-bond donors (Lipinski definition) is 1. The van der Waals surface area contributed by atoms with Gasteiger partial charge in [-0.25, -0.2) is 0 Å². The lowest BCUT2D eigenvalue weighted by atomic mass is 10.2. The molecular weight excluding hydrogens is 215 g/mol. The van der Waals surface area contributed by atoms with Crippen LogP contribution in [0.2, 0.25) is 0 Å². The minimum absolute atomic E-state index is 0.148. The molecule has 1 N–H and O–H groups in total. The average Bonchev–Trinajstić information content (AvgIpc) is 2.07. The average molecular weight is 232 g/mol. The van der Waals surface area contributed by atoms with Gasteiger partial charge in [-0.2, -0.15) is 13.2 Å². The van der Waals surface area contributed by atoms with Gasteiger partial charge >= 0.3 is 6.18 Å². The molecule has 0 aliphatic rings. The van der Waals surface area contributed by atoms with Crippen molar-refractivity contribution < 1.29 is 13.2 Å². The minimum Gasteiger partial charge on any atom is -0.314 e. The van der Waals surface area contributed by atoms with E-state index in [0.717, 1.165) is 12.8 Å². The summed E-state index contributed by atoms with van der Waals surface area (Å²) < 4.78 is 35.2. The maximum Gasteiger partial charge on any atom is 0.389 e. The van der Waals surface area contributed by atoms with Crippen molar-refractivity contribution in [3.8, 4) is 0 Å². The molecule has 0 radical (unpaired) electrons. The molecule has 0 aromatic heterocycles. The van der Waals surface area contributed by atoms with Gasteiger partial charge in [0, 0.05) is 18.3 Å². The summed E-state index contributed by atoms with van der Waals surface area (Å²) in [5.74, 6) is 0.606. The Balaban J connectivity index is 3.27. The molecule has 86 valence electrons. The van der Waals surface area contributed by atoms with Crippen molar-refractivity contribution in [3.05, 3.63) is 0 Å². The van der Waals surface area contributed by atoms with Gasteiger partial charge in [-0.15, -0.1) is 11.6 Å². The van der Waals surface area contributed by atoms with Crippen molar-refractivity contribution in [2.75, 3.05) is 12.4 Å². The van der Waals surface area contributed by atoms with E-state index in [1.54, 1.807) is 0 Å². The van der Waals surface area contributed by atoms with Gasteiger partial charge in [-0.1, -0.05) is 0 Å². The van der Waals surface area contributed by atoms with Crippen molar-refractivity contribution in [1.82, 2.24) is 5.32 Å². The fourth-order valence-corrected chi connectivity index (χ4v) is 1.28.